The van der Waals surface area contributed by atoms with Gasteiger partial charge >= 0.3 is 114 Å². The fraction of sp³-hybridized carbons (Fsp3) is 0.773. The lowest BCUT2D eigenvalue weighted by Gasteiger charge is -2.52. The Labute approximate surface area is 817 Å². The number of hydrogen-bond donors (Lipinski definition) is 2. The van der Waals surface area contributed by atoms with Gasteiger partial charge in [0.05, 0.1) is 12.7 Å². The van der Waals surface area contributed by atoms with Crippen LogP contribution in [0.15, 0.2) is 0 Å². The van der Waals surface area contributed by atoms with E-state index in [9.17, 15) is 95.9 Å². The van der Waals surface area contributed by atoms with Crippen molar-refractivity contribution in [3.63, 3.8) is 0 Å². The van der Waals surface area contributed by atoms with Crippen LogP contribution in [-0.4, -0.2) is 370 Å². The minimum atomic E-state index is -2.49. The highest BCUT2D eigenvalue weighted by Crippen LogP contribution is 2.43. The number of hydrogen-bond acceptors (Lipinski definition) is 51. The summed E-state index contributed by atoms with van der Waals surface area (Å²) < 4.78 is 188. The number of ether oxygens (including phenoxy) is 31. The summed E-state index contributed by atoms with van der Waals surface area (Å²) in [7, 11) is -1.71. The molecular weight excluding hydrogens is 1930 g/mol. The van der Waals surface area contributed by atoms with Gasteiger partial charge in [0, 0.05) is 139 Å². The monoisotopic (exact) mass is 2060 g/mol. The predicted molar refractivity (Wildman–Crippen MR) is 461 cm³/mol. The van der Waals surface area contributed by atoms with Crippen molar-refractivity contribution in [2.24, 2.45) is 0 Å². The Kier molecular flexibility index (Phi) is 46.5. The number of unbranched alkanes of at least 4 members (excludes halogenated alkanes) is 1. The molecule has 0 aliphatic carbocycles. The molecule has 802 valence electrons. The van der Waals surface area contributed by atoms with E-state index < -0.39 is 356 Å². The Bertz CT molecular complexity index is 4400. The van der Waals surface area contributed by atoms with E-state index in [4.69, 9.17) is 147 Å². The largest absolute Gasteiger partial charge is 0.464 e. The number of rotatable bonds is 44. The molecule has 0 unspecified atom stereocenters. The van der Waals surface area contributed by atoms with Gasteiger partial charge in [-0.15, -0.1) is 0 Å². The summed E-state index contributed by atoms with van der Waals surface area (Å²) in [5.74, 6) is -21.0. The number of amides is 2. The Balaban J connectivity index is 1.59. The molecule has 6 aliphatic heterocycles. The molecule has 142 heavy (non-hydrogen) atoms. The fourth-order valence-corrected chi connectivity index (χ4v) is 16.2. The Morgan fingerprint density at radius 3 is 0.923 bits per heavy atom. The van der Waals surface area contributed by atoms with E-state index in [2.05, 4.69) is 30.3 Å². The lowest BCUT2D eigenvalue weighted by atomic mass is 9.93. The first-order chi connectivity index (χ1) is 66.2. The molecule has 2 N–H and O–H groups in total. The lowest BCUT2D eigenvalue weighted by Crippen LogP contribution is -2.72. The minimum absolute atomic E-state index is 0.0434. The predicted octanol–water partition coefficient (Wildman–Crippen LogP) is 0.744. The van der Waals surface area contributed by atoms with E-state index >= 15 is 0 Å². The van der Waals surface area contributed by atoms with Crippen molar-refractivity contribution in [1.82, 2.24) is 10.6 Å². The molecule has 2 amide bonds. The lowest BCUT2D eigenvalue weighted by molar-refractivity contribution is -0.393. The van der Waals surface area contributed by atoms with Gasteiger partial charge in [-0.05, 0) is 53.0 Å². The summed E-state index contributed by atoms with van der Waals surface area (Å²) in [6.07, 6.45) is -62.1. The molecule has 6 saturated heterocycles. The van der Waals surface area contributed by atoms with Crippen molar-refractivity contribution in [2.75, 3.05) is 46.2 Å². The van der Waals surface area contributed by atoms with E-state index in [0.717, 1.165) is 125 Å². The molecule has 0 aromatic heterocycles. The molecular formula is C88H130N2O51Si. The first-order valence-corrected chi connectivity index (χ1v) is 48.9. The van der Waals surface area contributed by atoms with Crippen LogP contribution in [0, 0.1) is 0 Å². The van der Waals surface area contributed by atoms with Gasteiger partial charge in [0.2, 0.25) is 5.91 Å². The topological polar surface area (TPSA) is 652 Å². The number of carbonyl (C=O) groups excluding carboxylic acids is 20. The Morgan fingerprint density at radius 2 is 0.563 bits per heavy atom. The molecule has 0 aromatic rings. The maximum absolute atomic E-state index is 14.3. The molecule has 0 bridgehead atoms. The molecule has 6 heterocycles. The molecule has 0 radical (unpaired) electrons. The SMILES string of the molecule is CC(=O)N[C@H]1[C@H](O[C@H]2[C@@H](OC(C)=O)[C@@H](COC(C)=O)O[C@H](O[C@@H]3[C@H](OC(C)=O)[C@@H](OC(C)=O)[C@H](O[C@H]4[C@H](OC(C)=O)[C@@H](OC(C)=O)[C@H](OCCCC[C@H](NC(=O)OC(C)(C)C)C(=O)OCC[Si](C)(C)C)O[C@@H]4COC(C)=O)O[C@@H]3COC(C)=O)[C@@H]2OC(C)=O)O[C@H](COC(C)=O)[C@H](OC(C)=O)[C@@H]1O[C@@H]1O[C@H](COC(C)=O)[C@H](OC(C)=O)[C@H](OC(C)=O)[C@H]1O[C@@H]1O[C@@H](C)[C@@H](OC(C)=O)[C@@H](OC(C)=O)[C@@H]1OC(C)=O. The van der Waals surface area contributed by atoms with Gasteiger partial charge in [-0.1, -0.05) is 19.6 Å². The molecule has 6 rings (SSSR count). The smallest absolute Gasteiger partial charge is 0.408 e. The van der Waals surface area contributed by atoms with E-state index in [-0.39, 0.29) is 32.5 Å². The van der Waals surface area contributed by atoms with Crippen molar-refractivity contribution in [2.45, 2.75) is 393 Å². The zero-order valence-corrected chi connectivity index (χ0v) is 84.5. The summed E-state index contributed by atoms with van der Waals surface area (Å²) in [4.78, 5) is 269. The molecule has 0 saturated carbocycles. The highest BCUT2D eigenvalue weighted by molar-refractivity contribution is 6.76. The van der Waals surface area contributed by atoms with Crippen molar-refractivity contribution in [3.05, 3.63) is 0 Å². The van der Waals surface area contributed by atoms with Gasteiger partial charge in [0.1, 0.15) is 106 Å². The van der Waals surface area contributed by atoms with Crippen LogP contribution in [0.25, 0.3) is 0 Å². The molecule has 6 fully saturated rings. The molecule has 0 spiro atoms. The van der Waals surface area contributed by atoms with E-state index in [0.29, 0.717) is 6.04 Å². The highest BCUT2D eigenvalue weighted by atomic mass is 28.3. The first-order valence-electron chi connectivity index (χ1n) is 45.2. The molecule has 0 aromatic carbocycles. The minimum Gasteiger partial charge on any atom is -0.464 e. The van der Waals surface area contributed by atoms with Gasteiger partial charge in [-0.3, -0.25) is 86.3 Å². The number of esters is 18. The zero-order valence-electron chi connectivity index (χ0n) is 83.5. The molecule has 6 aliphatic rings. The molecule has 54 heteroatoms. The summed E-state index contributed by atoms with van der Waals surface area (Å²) in [6, 6.07) is -2.86. The third-order valence-electron chi connectivity index (χ3n) is 20.7. The van der Waals surface area contributed by atoms with Gasteiger partial charge in [0.25, 0.3) is 0 Å². The normalized spacial score (nSPS) is 30.9. The fourth-order valence-electron chi connectivity index (χ4n) is 15.5. The number of nitrogens with one attached hydrogen (secondary N) is 2. The van der Waals surface area contributed by atoms with E-state index in [1.165, 1.54) is 6.92 Å². The van der Waals surface area contributed by atoms with Gasteiger partial charge < -0.3 is 157 Å². The van der Waals surface area contributed by atoms with E-state index in [1.807, 2.05) is 0 Å². The van der Waals surface area contributed by atoms with Crippen LogP contribution < -0.4 is 10.6 Å². The second-order valence-corrected chi connectivity index (χ2v) is 41.2. The van der Waals surface area contributed by atoms with Crippen LogP contribution in [-0.2, 0) is 238 Å². The molecule has 31 atom stereocenters. The molecule has 53 nitrogen and oxygen atoms in total. The Hall–Kier alpha value is -11.1. The van der Waals surface area contributed by atoms with Crippen molar-refractivity contribution >= 4 is 128 Å². The second-order valence-electron chi connectivity index (χ2n) is 35.6. The summed E-state index contributed by atoms with van der Waals surface area (Å²) in [5.41, 5.74) is -0.968. The van der Waals surface area contributed by atoms with Gasteiger partial charge in [-0.25, -0.2) is 9.59 Å². The average Bonchev–Trinajstić information content (AvgIpc) is 0.748. The van der Waals surface area contributed by atoms with Crippen LogP contribution in [0.2, 0.25) is 25.7 Å². The number of alkyl carbamates (subject to hydrolysis) is 1. The zero-order chi connectivity index (χ0) is 107. The maximum Gasteiger partial charge on any atom is 0.408 e. The Morgan fingerprint density at radius 1 is 0.289 bits per heavy atom. The van der Waals surface area contributed by atoms with Crippen molar-refractivity contribution in [1.29, 1.82) is 0 Å². The second kappa shape index (κ2) is 55.1. The summed E-state index contributed by atoms with van der Waals surface area (Å²) in [5, 5.41) is 5.11. The highest BCUT2D eigenvalue weighted by Gasteiger charge is 2.64. The van der Waals surface area contributed by atoms with Gasteiger partial charge in [0.15, 0.2) is 117 Å². The first kappa shape index (κ1) is 120. The van der Waals surface area contributed by atoms with Crippen molar-refractivity contribution in [3.8, 4) is 0 Å². The van der Waals surface area contributed by atoms with Crippen molar-refractivity contribution < 1.29 is 243 Å². The third kappa shape index (κ3) is 38.6. The maximum atomic E-state index is 14.3. The third-order valence-corrected chi connectivity index (χ3v) is 22.4. The van der Waals surface area contributed by atoms with Crippen LogP contribution in [0.1, 0.15) is 172 Å². The summed E-state index contributed by atoms with van der Waals surface area (Å²) in [6.45, 7) is 23.3. The van der Waals surface area contributed by atoms with E-state index in [1.54, 1.807) is 20.8 Å². The quantitative estimate of drug-likeness (QED) is 0.0368. The summed E-state index contributed by atoms with van der Waals surface area (Å²) >= 11 is 0. The number of carbonyl (C=O) groups is 20. The van der Waals surface area contributed by atoms with Crippen LogP contribution in [0.5, 0.6) is 0 Å². The standard InChI is InChI=1S/C88H130N2O51Si/c1-37-63(119-44(8)97)70(123-48(12)101)76(128-53(17)106)83(118-37)140-79-71(124-49(13)102)65(121-46(10)99)58(33-114-40(4)93)134-86(79)138-69-62(89-38(2)91)81(131-57(32-113-39(3)92)64(69)120-45(9)98)139-74-66(122-47(11)100)59(34-115-41(5)94)133-85(78(74)130-55(19)108)137-68-61(36-117-43(7)96)135-84(77(129-54(18)107)73(68)126-51(15)104)136-67-60(35-116-42(6)95)132-82(75(127-52(16)105)72(67)125-50(14)103)112-29-27-26-28-56(90-87(110)141-88(20,21)22)80(109)111-30-31-142(23,24)25/h37,56-79,81-86H,26-36H2,1-25H3,(H,89,91)(H,90,110)/t37-,56-,57+,58+,59+,60+,61+,62+,63+,64-,65-,66-,67+,68-,69+,70+,71-,72-,73-,74-,75+,76-,77+,78+,79+,81-,82+,83-,84-,85+,86-/m0/s1. The van der Waals surface area contributed by atoms with Crippen LogP contribution in [0.3, 0.4) is 0 Å². The van der Waals surface area contributed by atoms with Crippen LogP contribution in [0.4, 0.5) is 4.79 Å². The average molecular weight is 2060 g/mol. The van der Waals surface area contributed by atoms with Crippen LogP contribution >= 0.6 is 0 Å². The van der Waals surface area contributed by atoms with Gasteiger partial charge in [-0.2, -0.15) is 0 Å².